The van der Waals surface area contributed by atoms with Crippen molar-refractivity contribution in [2.45, 2.75) is 25.8 Å². The van der Waals surface area contributed by atoms with Gasteiger partial charge in [-0.3, -0.25) is 9.69 Å². The molecule has 2 aliphatic heterocycles. The van der Waals surface area contributed by atoms with Crippen molar-refractivity contribution in [2.75, 3.05) is 46.3 Å². The lowest BCUT2D eigenvalue weighted by atomic mass is 9.86. The van der Waals surface area contributed by atoms with E-state index in [1.165, 1.54) is 0 Å². The highest BCUT2D eigenvalue weighted by molar-refractivity contribution is 5.90. The van der Waals surface area contributed by atoms with E-state index in [2.05, 4.69) is 36.0 Å². The molecule has 98 valence electrons. The van der Waals surface area contributed by atoms with Crippen molar-refractivity contribution in [1.29, 1.82) is 0 Å². The Morgan fingerprint density at radius 3 is 2.41 bits per heavy atom. The summed E-state index contributed by atoms with van der Waals surface area (Å²) < 4.78 is 0. The Kier molecular flexibility index (Phi) is 3.85. The molecule has 1 N–H and O–H groups in total. The Hall–Kier alpha value is -0.450. The van der Waals surface area contributed by atoms with Gasteiger partial charge in [0, 0.05) is 38.6 Å². The fourth-order valence-electron chi connectivity index (χ4n) is 3.03. The zero-order valence-electron chi connectivity index (χ0n) is 11.3. The van der Waals surface area contributed by atoms with Crippen molar-refractivity contribution >= 4 is 5.78 Å². The number of ketones is 1. The summed E-state index contributed by atoms with van der Waals surface area (Å²) in [4.78, 5) is 17.2. The monoisotopic (exact) mass is 239 g/mol. The Morgan fingerprint density at radius 1 is 1.24 bits per heavy atom. The largest absolute Gasteiger partial charge is 0.314 e. The number of piperazine rings is 1. The van der Waals surface area contributed by atoms with Gasteiger partial charge in [-0.2, -0.15) is 0 Å². The van der Waals surface area contributed by atoms with E-state index in [-0.39, 0.29) is 11.5 Å². The van der Waals surface area contributed by atoms with Gasteiger partial charge in [0.15, 0.2) is 5.78 Å². The normalized spacial score (nSPS) is 28.5. The summed E-state index contributed by atoms with van der Waals surface area (Å²) >= 11 is 0. The molecule has 0 aromatic carbocycles. The molecule has 4 nitrogen and oxygen atoms in total. The number of likely N-dealkylation sites (tertiary alicyclic amines) is 1. The predicted molar refractivity (Wildman–Crippen MR) is 69.1 cm³/mol. The van der Waals surface area contributed by atoms with Crippen molar-refractivity contribution in [3.63, 3.8) is 0 Å². The van der Waals surface area contributed by atoms with Gasteiger partial charge in [-0.15, -0.1) is 0 Å². The molecule has 2 saturated heterocycles. The second-order valence-electron chi connectivity index (χ2n) is 5.91. The highest BCUT2D eigenvalue weighted by atomic mass is 16.1. The third-order valence-electron chi connectivity index (χ3n) is 4.27. The fourth-order valence-corrected chi connectivity index (χ4v) is 3.03. The summed E-state index contributed by atoms with van der Waals surface area (Å²) in [6.45, 7) is 10.2. The van der Waals surface area contributed by atoms with E-state index in [4.69, 9.17) is 0 Å². The van der Waals surface area contributed by atoms with Crippen LogP contribution in [0.1, 0.15) is 20.3 Å². The molecule has 0 aromatic heterocycles. The molecule has 2 fully saturated rings. The minimum atomic E-state index is -0.294. The van der Waals surface area contributed by atoms with E-state index in [1.54, 1.807) is 0 Å². The molecule has 17 heavy (non-hydrogen) atoms. The molecule has 0 aliphatic carbocycles. The Balaban J connectivity index is 2.00. The minimum absolute atomic E-state index is 0.241. The van der Waals surface area contributed by atoms with Gasteiger partial charge in [-0.25, -0.2) is 0 Å². The van der Waals surface area contributed by atoms with Crippen LogP contribution in [0, 0.1) is 5.92 Å². The second-order valence-corrected chi connectivity index (χ2v) is 5.91. The molecule has 1 atom stereocenters. The summed E-state index contributed by atoms with van der Waals surface area (Å²) in [5.41, 5.74) is -0.294. The van der Waals surface area contributed by atoms with Crippen LogP contribution in [0.25, 0.3) is 0 Å². The van der Waals surface area contributed by atoms with Crippen molar-refractivity contribution in [1.82, 2.24) is 15.1 Å². The molecule has 0 bridgehead atoms. The van der Waals surface area contributed by atoms with E-state index in [0.717, 1.165) is 45.7 Å². The first-order chi connectivity index (χ1) is 8.01. The Morgan fingerprint density at radius 2 is 1.88 bits per heavy atom. The lowest BCUT2D eigenvalue weighted by molar-refractivity contribution is -0.133. The van der Waals surface area contributed by atoms with Gasteiger partial charge in [0.2, 0.25) is 0 Å². The van der Waals surface area contributed by atoms with Crippen LogP contribution in [0.2, 0.25) is 0 Å². The van der Waals surface area contributed by atoms with Crippen LogP contribution in [-0.2, 0) is 4.79 Å². The maximum absolute atomic E-state index is 12.6. The average molecular weight is 239 g/mol. The van der Waals surface area contributed by atoms with Crippen LogP contribution >= 0.6 is 0 Å². The molecular formula is C13H25N3O. The number of hydrogen-bond donors (Lipinski definition) is 1. The molecule has 0 spiro atoms. The molecule has 4 heteroatoms. The van der Waals surface area contributed by atoms with Crippen LogP contribution in [0.3, 0.4) is 0 Å². The van der Waals surface area contributed by atoms with Gasteiger partial charge >= 0.3 is 0 Å². The van der Waals surface area contributed by atoms with Gasteiger partial charge in [-0.1, -0.05) is 0 Å². The average Bonchev–Trinajstić information content (AvgIpc) is 2.76. The molecular weight excluding hydrogens is 214 g/mol. The van der Waals surface area contributed by atoms with Gasteiger partial charge in [0.25, 0.3) is 0 Å². The summed E-state index contributed by atoms with van der Waals surface area (Å²) in [6, 6.07) is 0. The van der Waals surface area contributed by atoms with E-state index in [1.807, 2.05) is 0 Å². The number of carbonyl (C=O) groups excluding carboxylic acids is 1. The quantitative estimate of drug-likeness (QED) is 0.763. The maximum atomic E-state index is 12.6. The highest BCUT2D eigenvalue weighted by Crippen LogP contribution is 2.25. The first-order valence-electron chi connectivity index (χ1n) is 6.70. The Bertz CT molecular complexity index is 284. The van der Waals surface area contributed by atoms with Crippen molar-refractivity contribution in [3.05, 3.63) is 0 Å². The van der Waals surface area contributed by atoms with Gasteiger partial charge in [0.1, 0.15) is 0 Å². The minimum Gasteiger partial charge on any atom is -0.314 e. The van der Waals surface area contributed by atoms with Gasteiger partial charge in [0.05, 0.1) is 5.54 Å². The number of nitrogens with one attached hydrogen (secondary N) is 1. The van der Waals surface area contributed by atoms with Gasteiger partial charge in [-0.05, 0) is 33.9 Å². The zero-order chi connectivity index (χ0) is 12.5. The van der Waals surface area contributed by atoms with Crippen LogP contribution in [0.5, 0.6) is 0 Å². The number of hydrogen-bond acceptors (Lipinski definition) is 4. The zero-order valence-corrected chi connectivity index (χ0v) is 11.3. The number of carbonyl (C=O) groups is 1. The highest BCUT2D eigenvalue weighted by Gasteiger charge is 2.40. The predicted octanol–water partition coefficient (Wildman–Crippen LogP) is 0.191. The SMILES string of the molecule is CN1CCC(C(=O)C(C)(C)N2CCNCC2)C1. The maximum Gasteiger partial charge on any atom is 0.156 e. The third-order valence-corrected chi connectivity index (χ3v) is 4.27. The lowest BCUT2D eigenvalue weighted by Gasteiger charge is -2.41. The number of Topliss-reactive ketones (excluding diaryl/α,β-unsaturated/α-hetero) is 1. The number of nitrogens with zero attached hydrogens (tertiary/aromatic N) is 2. The third kappa shape index (κ3) is 2.69. The standard InChI is InChI=1S/C13H25N3O/c1-13(2,16-8-5-14-6-9-16)12(17)11-4-7-15(3)10-11/h11,14H,4-10H2,1-3H3. The Labute approximate surface area is 104 Å². The molecule has 0 aromatic rings. The van der Waals surface area contributed by atoms with Crippen LogP contribution in [0.15, 0.2) is 0 Å². The van der Waals surface area contributed by atoms with E-state index < -0.39 is 0 Å². The fraction of sp³-hybridized carbons (Fsp3) is 0.923. The smallest absolute Gasteiger partial charge is 0.156 e. The van der Waals surface area contributed by atoms with Crippen LogP contribution < -0.4 is 5.32 Å². The van der Waals surface area contributed by atoms with Crippen molar-refractivity contribution < 1.29 is 4.79 Å². The summed E-state index contributed by atoms with van der Waals surface area (Å²) in [7, 11) is 2.10. The van der Waals surface area contributed by atoms with Crippen LogP contribution in [-0.4, -0.2) is 67.4 Å². The molecule has 0 radical (unpaired) electrons. The molecule has 2 heterocycles. The van der Waals surface area contributed by atoms with Crippen molar-refractivity contribution in [3.8, 4) is 0 Å². The second kappa shape index (κ2) is 5.04. The summed E-state index contributed by atoms with van der Waals surface area (Å²) in [6.07, 6.45) is 1.03. The molecule has 2 rings (SSSR count). The first-order valence-corrected chi connectivity index (χ1v) is 6.70. The number of rotatable bonds is 3. The first kappa shape index (κ1) is 13.0. The van der Waals surface area contributed by atoms with E-state index in [0.29, 0.717) is 5.78 Å². The molecule has 0 amide bonds. The molecule has 2 aliphatic rings. The molecule has 1 unspecified atom stereocenters. The summed E-state index contributed by atoms with van der Waals surface area (Å²) in [5.74, 6) is 0.675. The summed E-state index contributed by atoms with van der Waals surface area (Å²) in [5, 5.41) is 3.34. The topological polar surface area (TPSA) is 35.6 Å². The van der Waals surface area contributed by atoms with E-state index >= 15 is 0 Å². The van der Waals surface area contributed by atoms with Crippen molar-refractivity contribution in [2.24, 2.45) is 5.92 Å². The lowest BCUT2D eigenvalue weighted by Crippen LogP contribution is -2.58. The van der Waals surface area contributed by atoms with Gasteiger partial charge < -0.3 is 10.2 Å². The van der Waals surface area contributed by atoms with E-state index in [9.17, 15) is 4.79 Å². The van der Waals surface area contributed by atoms with Crippen LogP contribution in [0.4, 0.5) is 0 Å². The molecule has 0 saturated carbocycles.